The van der Waals surface area contributed by atoms with Crippen molar-refractivity contribution in [3.63, 3.8) is 0 Å². The zero-order valence-electron chi connectivity index (χ0n) is 19.2. The van der Waals surface area contributed by atoms with Gasteiger partial charge >= 0.3 is 0 Å². The number of thiophene rings is 1. The molecule has 0 saturated heterocycles. The fourth-order valence-corrected chi connectivity index (χ4v) is 5.70. The summed E-state index contributed by atoms with van der Waals surface area (Å²) < 4.78 is 11.6. The average molecular weight is 461 g/mol. The maximum atomic E-state index is 12.9. The number of aryl methyl sites for hydroxylation is 3. The molecule has 1 atom stereocenters. The van der Waals surface area contributed by atoms with E-state index in [0.29, 0.717) is 25.0 Å². The molecule has 1 N–H and O–H groups in total. The van der Waals surface area contributed by atoms with E-state index in [1.165, 1.54) is 21.6 Å². The zero-order valence-corrected chi connectivity index (χ0v) is 20.1. The molecule has 6 heteroatoms. The van der Waals surface area contributed by atoms with E-state index >= 15 is 0 Å². The molecule has 0 bridgehead atoms. The molecule has 2 aromatic carbocycles. The van der Waals surface area contributed by atoms with Crippen molar-refractivity contribution in [2.24, 2.45) is 5.92 Å². The lowest BCUT2D eigenvalue weighted by molar-refractivity contribution is 0.217. The number of nitrogens with zero attached hydrogens (tertiary/aromatic N) is 1. The van der Waals surface area contributed by atoms with Crippen LogP contribution in [0.3, 0.4) is 0 Å². The summed E-state index contributed by atoms with van der Waals surface area (Å²) in [5.74, 6) is 2.88. The standard InChI is InChI=1S/C27H28N2O3S/c1-16-4-11-22-23(14-16)33-27-24(22)26(30)28-25(29-27)19-6-9-20(10-7-19)31-12-13-32-21-8-5-17(2)18(3)15-21/h5-10,15-16H,4,11-14H2,1-3H3,(H,28,29,30)/t16-/m0/s1. The fraction of sp³-hybridized carbons (Fsp3) is 0.333. The minimum atomic E-state index is -0.0362. The van der Waals surface area contributed by atoms with Crippen molar-refractivity contribution in [1.82, 2.24) is 9.97 Å². The van der Waals surface area contributed by atoms with Gasteiger partial charge in [-0.2, -0.15) is 0 Å². The van der Waals surface area contributed by atoms with Crippen LogP contribution in [0, 0.1) is 19.8 Å². The Hall–Kier alpha value is -3.12. The Morgan fingerprint density at radius 2 is 1.76 bits per heavy atom. The molecule has 1 aliphatic carbocycles. The summed E-state index contributed by atoms with van der Waals surface area (Å²) in [4.78, 5) is 22.8. The Kier molecular flexibility index (Phi) is 5.94. The number of rotatable bonds is 6. The predicted molar refractivity (Wildman–Crippen MR) is 134 cm³/mol. The Morgan fingerprint density at radius 3 is 2.52 bits per heavy atom. The Balaban J connectivity index is 1.25. The van der Waals surface area contributed by atoms with Gasteiger partial charge in [0, 0.05) is 10.4 Å². The van der Waals surface area contributed by atoms with Crippen LogP contribution in [0.5, 0.6) is 11.5 Å². The molecule has 2 aromatic heterocycles. The number of nitrogens with one attached hydrogen (secondary N) is 1. The lowest BCUT2D eigenvalue weighted by Gasteiger charge is -2.17. The number of aromatic nitrogens is 2. The zero-order chi connectivity index (χ0) is 22.9. The second-order valence-corrected chi connectivity index (χ2v) is 10.00. The summed E-state index contributed by atoms with van der Waals surface area (Å²) in [5.41, 5.74) is 4.51. The second-order valence-electron chi connectivity index (χ2n) is 8.91. The first kappa shape index (κ1) is 21.7. The summed E-state index contributed by atoms with van der Waals surface area (Å²) >= 11 is 1.67. The molecular formula is C27H28N2O3S. The molecule has 0 radical (unpaired) electrons. The highest BCUT2D eigenvalue weighted by atomic mass is 32.1. The van der Waals surface area contributed by atoms with Crippen molar-refractivity contribution < 1.29 is 9.47 Å². The number of aromatic amines is 1. The van der Waals surface area contributed by atoms with Gasteiger partial charge in [-0.05, 0) is 92.1 Å². The smallest absolute Gasteiger partial charge is 0.260 e. The van der Waals surface area contributed by atoms with E-state index in [-0.39, 0.29) is 5.56 Å². The van der Waals surface area contributed by atoms with Gasteiger partial charge in [-0.25, -0.2) is 4.98 Å². The lowest BCUT2D eigenvalue weighted by Crippen LogP contribution is -2.13. The normalized spacial score (nSPS) is 15.4. The second kappa shape index (κ2) is 9.02. The van der Waals surface area contributed by atoms with Crippen LogP contribution in [0.15, 0.2) is 47.3 Å². The minimum Gasteiger partial charge on any atom is -0.490 e. The van der Waals surface area contributed by atoms with Crippen LogP contribution in [0.4, 0.5) is 0 Å². The van der Waals surface area contributed by atoms with E-state index in [1.54, 1.807) is 11.3 Å². The van der Waals surface area contributed by atoms with Crippen LogP contribution in [0.2, 0.25) is 0 Å². The fourth-order valence-electron chi connectivity index (χ4n) is 4.32. The number of H-pyrrole nitrogens is 1. The minimum absolute atomic E-state index is 0.0362. The number of benzene rings is 2. The number of ether oxygens (including phenoxy) is 2. The van der Waals surface area contributed by atoms with Gasteiger partial charge in [0.15, 0.2) is 0 Å². The van der Waals surface area contributed by atoms with E-state index in [0.717, 1.165) is 46.5 Å². The molecule has 5 nitrogen and oxygen atoms in total. The summed E-state index contributed by atoms with van der Waals surface area (Å²) in [6, 6.07) is 13.7. The van der Waals surface area contributed by atoms with Gasteiger partial charge in [-0.3, -0.25) is 4.79 Å². The van der Waals surface area contributed by atoms with E-state index in [2.05, 4.69) is 31.8 Å². The molecule has 4 aromatic rings. The van der Waals surface area contributed by atoms with Crippen molar-refractivity contribution in [3.05, 3.63) is 74.4 Å². The molecule has 1 aliphatic rings. The summed E-state index contributed by atoms with van der Waals surface area (Å²) in [5, 5.41) is 0.786. The summed E-state index contributed by atoms with van der Waals surface area (Å²) in [6.07, 6.45) is 3.15. The van der Waals surface area contributed by atoms with Crippen molar-refractivity contribution in [1.29, 1.82) is 0 Å². The third-order valence-electron chi connectivity index (χ3n) is 6.39. The third kappa shape index (κ3) is 4.53. The Bertz CT molecular complexity index is 1350. The first-order valence-corrected chi connectivity index (χ1v) is 12.3. The third-order valence-corrected chi connectivity index (χ3v) is 7.54. The van der Waals surface area contributed by atoms with Gasteiger partial charge in [0.05, 0.1) is 5.39 Å². The molecule has 33 heavy (non-hydrogen) atoms. The van der Waals surface area contributed by atoms with Crippen LogP contribution in [0.1, 0.15) is 34.9 Å². The van der Waals surface area contributed by atoms with E-state index in [4.69, 9.17) is 14.5 Å². The van der Waals surface area contributed by atoms with E-state index in [1.807, 2.05) is 36.4 Å². The van der Waals surface area contributed by atoms with Gasteiger partial charge in [-0.15, -0.1) is 11.3 Å². The monoisotopic (exact) mass is 460 g/mol. The molecule has 0 amide bonds. The van der Waals surface area contributed by atoms with Crippen LogP contribution >= 0.6 is 11.3 Å². The van der Waals surface area contributed by atoms with Gasteiger partial charge in [0.2, 0.25) is 0 Å². The van der Waals surface area contributed by atoms with Crippen LogP contribution in [-0.4, -0.2) is 23.2 Å². The maximum Gasteiger partial charge on any atom is 0.260 e. The molecule has 0 fully saturated rings. The highest BCUT2D eigenvalue weighted by molar-refractivity contribution is 7.18. The van der Waals surface area contributed by atoms with Crippen molar-refractivity contribution >= 4 is 21.6 Å². The van der Waals surface area contributed by atoms with Crippen LogP contribution < -0.4 is 15.0 Å². The first-order chi connectivity index (χ1) is 16.0. The van der Waals surface area contributed by atoms with Crippen molar-refractivity contribution in [2.75, 3.05) is 13.2 Å². The largest absolute Gasteiger partial charge is 0.490 e. The lowest BCUT2D eigenvalue weighted by atomic mass is 9.89. The maximum absolute atomic E-state index is 12.9. The SMILES string of the molecule is Cc1ccc(OCCOc2ccc(-c3nc4sc5c(c4c(=O)[nH]3)CC[C@H](C)C5)cc2)cc1C. The van der Waals surface area contributed by atoms with Gasteiger partial charge < -0.3 is 14.5 Å². The molecule has 0 unspecified atom stereocenters. The van der Waals surface area contributed by atoms with Crippen molar-refractivity contribution in [3.8, 4) is 22.9 Å². The molecule has 170 valence electrons. The first-order valence-electron chi connectivity index (χ1n) is 11.5. The van der Waals surface area contributed by atoms with Crippen LogP contribution in [0.25, 0.3) is 21.6 Å². The number of hydrogen-bond donors (Lipinski definition) is 1. The van der Waals surface area contributed by atoms with Crippen molar-refractivity contribution in [2.45, 2.75) is 40.0 Å². The van der Waals surface area contributed by atoms with Gasteiger partial charge in [0.1, 0.15) is 35.4 Å². The van der Waals surface area contributed by atoms with E-state index in [9.17, 15) is 4.79 Å². The molecule has 0 saturated carbocycles. The number of hydrogen-bond acceptors (Lipinski definition) is 5. The Morgan fingerprint density at radius 1 is 1.03 bits per heavy atom. The summed E-state index contributed by atoms with van der Waals surface area (Å²) in [7, 11) is 0. The topological polar surface area (TPSA) is 64.2 Å². The average Bonchev–Trinajstić information content (AvgIpc) is 3.17. The van der Waals surface area contributed by atoms with Gasteiger partial charge in [0.25, 0.3) is 5.56 Å². The Labute approximate surface area is 197 Å². The summed E-state index contributed by atoms with van der Waals surface area (Å²) in [6.45, 7) is 7.36. The quantitative estimate of drug-likeness (QED) is 0.367. The molecule has 0 spiro atoms. The molecule has 5 rings (SSSR count). The van der Waals surface area contributed by atoms with Gasteiger partial charge in [-0.1, -0.05) is 13.0 Å². The highest BCUT2D eigenvalue weighted by Gasteiger charge is 2.23. The predicted octanol–water partition coefficient (Wildman–Crippen LogP) is 5.85. The molecule has 0 aliphatic heterocycles. The highest BCUT2D eigenvalue weighted by Crippen LogP contribution is 2.36. The van der Waals surface area contributed by atoms with E-state index < -0.39 is 0 Å². The molecular weight excluding hydrogens is 432 g/mol. The van der Waals surface area contributed by atoms with Crippen LogP contribution in [-0.2, 0) is 12.8 Å². The number of fused-ring (bicyclic) bond motifs is 3. The molecule has 2 heterocycles.